The number of rotatable bonds is 6. The van der Waals surface area contributed by atoms with E-state index in [2.05, 4.69) is 31.3 Å². The summed E-state index contributed by atoms with van der Waals surface area (Å²) in [5, 5.41) is 35.7. The van der Waals surface area contributed by atoms with Gasteiger partial charge in [-0.2, -0.15) is 5.26 Å². The number of aromatic nitrogens is 5. The quantitative estimate of drug-likeness (QED) is 0.289. The molecule has 1 saturated heterocycles. The van der Waals surface area contributed by atoms with Crippen molar-refractivity contribution in [3.05, 3.63) is 65.2 Å². The molecule has 1 aliphatic heterocycles. The monoisotopic (exact) mass is 523 g/mol. The fourth-order valence-corrected chi connectivity index (χ4v) is 4.18. The molecule has 0 saturated carbocycles. The minimum Gasteiger partial charge on any atom is -0.387 e. The number of hydrogen-bond acceptors (Lipinski definition) is 10. The Morgan fingerprint density at radius 2 is 2.16 bits per heavy atom. The molecule has 12 nitrogen and oxygen atoms in total. The van der Waals surface area contributed by atoms with E-state index in [1.807, 2.05) is 6.07 Å². The maximum Gasteiger partial charge on any atom is 0.251 e. The van der Waals surface area contributed by atoms with Crippen LogP contribution in [0.1, 0.15) is 21.5 Å². The molecule has 4 aromatic rings. The molecule has 4 atom stereocenters. The number of anilines is 1. The predicted molar refractivity (Wildman–Crippen MR) is 132 cm³/mol. The summed E-state index contributed by atoms with van der Waals surface area (Å²) in [6, 6.07) is 10.7. The number of nitrogens with one attached hydrogen (secondary N) is 2. The van der Waals surface area contributed by atoms with E-state index in [9.17, 15) is 20.3 Å². The Balaban J connectivity index is 1.54. The first-order chi connectivity index (χ1) is 19.0. The highest BCUT2D eigenvalue weighted by Crippen LogP contribution is 2.34. The van der Waals surface area contributed by atoms with Crippen LogP contribution in [0.4, 0.5) is 5.82 Å². The minimum atomic E-state index is -2.81. The fourth-order valence-electron chi connectivity index (χ4n) is 4.00. The van der Waals surface area contributed by atoms with Gasteiger partial charge < -0.3 is 25.6 Å². The van der Waals surface area contributed by atoms with Crippen molar-refractivity contribution in [3.8, 4) is 17.5 Å². The first-order valence-corrected chi connectivity index (χ1v) is 11.3. The summed E-state index contributed by atoms with van der Waals surface area (Å²) in [5.74, 6) is -0.617. The van der Waals surface area contributed by atoms with Gasteiger partial charge in [0.1, 0.15) is 12.2 Å². The molecule has 13 heteroatoms. The lowest BCUT2D eigenvalue weighted by Crippen LogP contribution is -2.41. The second-order valence-corrected chi connectivity index (χ2v) is 8.63. The van der Waals surface area contributed by atoms with Gasteiger partial charge in [-0.1, -0.05) is 23.7 Å². The number of benzene rings is 1. The Hall–Kier alpha value is -4.15. The molecule has 4 heterocycles. The smallest absolute Gasteiger partial charge is 0.251 e. The zero-order valence-corrected chi connectivity index (χ0v) is 19.7. The summed E-state index contributed by atoms with van der Waals surface area (Å²) in [5.41, 5.74) is 2.21. The van der Waals surface area contributed by atoms with Crippen LogP contribution in [0.5, 0.6) is 0 Å². The highest BCUT2D eigenvalue weighted by atomic mass is 35.5. The topological polar surface area (TPSA) is 171 Å². The Labute approximate surface area is 219 Å². The van der Waals surface area contributed by atoms with E-state index in [1.54, 1.807) is 29.6 Å². The van der Waals surface area contributed by atoms with Crippen LogP contribution < -0.4 is 10.6 Å². The number of nitrogens with zero attached hydrogens (tertiary/aromatic N) is 6. The SMILES string of the molecule is [2H]C([2H])([2H])NC(=O)[C@H]1O[C@@H](n2cnc3c(NCc4cccc(C#N)c4)nc(-c4cncc(Cl)c4)nc32)[C@H](O)[C@@H]1O. The molecule has 0 aliphatic carbocycles. The Morgan fingerprint density at radius 3 is 2.95 bits per heavy atom. The van der Waals surface area contributed by atoms with Gasteiger partial charge in [0.15, 0.2) is 35.1 Å². The molecule has 4 N–H and O–H groups in total. The Morgan fingerprint density at radius 1 is 1.30 bits per heavy atom. The van der Waals surface area contributed by atoms with E-state index < -0.39 is 37.4 Å². The van der Waals surface area contributed by atoms with Gasteiger partial charge in [-0.3, -0.25) is 14.3 Å². The predicted octanol–water partition coefficient (Wildman–Crippen LogP) is 1.39. The summed E-state index contributed by atoms with van der Waals surface area (Å²) in [7, 11) is 0. The summed E-state index contributed by atoms with van der Waals surface area (Å²) < 4.78 is 28.7. The van der Waals surface area contributed by atoms with Crippen molar-refractivity contribution in [3.63, 3.8) is 0 Å². The van der Waals surface area contributed by atoms with E-state index in [-0.39, 0.29) is 23.5 Å². The summed E-state index contributed by atoms with van der Waals surface area (Å²) in [6.45, 7) is -2.54. The van der Waals surface area contributed by atoms with Gasteiger partial charge >= 0.3 is 0 Å². The maximum absolute atomic E-state index is 12.4. The van der Waals surface area contributed by atoms with Gasteiger partial charge in [0, 0.05) is 35.6 Å². The number of hydrogen-bond donors (Lipinski definition) is 4. The van der Waals surface area contributed by atoms with Crippen LogP contribution in [0.2, 0.25) is 5.02 Å². The molecule has 0 bridgehead atoms. The molecule has 3 aromatic heterocycles. The largest absolute Gasteiger partial charge is 0.387 e. The number of ether oxygens (including phenoxy) is 1. The number of amides is 1. The normalized spacial score (nSPS) is 22.6. The molecular formula is C24H21ClN8O4. The van der Waals surface area contributed by atoms with Crippen LogP contribution in [0.3, 0.4) is 0 Å². The number of carbonyl (C=O) groups is 1. The highest BCUT2D eigenvalue weighted by Gasteiger charge is 2.47. The van der Waals surface area contributed by atoms with Crippen LogP contribution in [0.15, 0.2) is 49.1 Å². The number of carbonyl (C=O) groups excluding carboxylic acids is 1. The van der Waals surface area contributed by atoms with Crippen molar-refractivity contribution in [2.75, 3.05) is 12.3 Å². The summed E-state index contributed by atoms with van der Waals surface area (Å²) in [4.78, 5) is 30.0. The lowest BCUT2D eigenvalue weighted by molar-refractivity contribution is -0.137. The lowest BCUT2D eigenvalue weighted by Gasteiger charge is -2.17. The van der Waals surface area contributed by atoms with Crippen molar-refractivity contribution < 1.29 is 23.9 Å². The number of halogens is 1. The van der Waals surface area contributed by atoms with Crippen LogP contribution in [0, 0.1) is 11.3 Å². The van der Waals surface area contributed by atoms with Gasteiger partial charge in [0.2, 0.25) is 0 Å². The first kappa shape index (κ1) is 21.0. The van der Waals surface area contributed by atoms with E-state index in [0.717, 1.165) is 5.56 Å². The van der Waals surface area contributed by atoms with E-state index in [1.165, 1.54) is 23.3 Å². The highest BCUT2D eigenvalue weighted by molar-refractivity contribution is 6.30. The number of pyridine rings is 1. The third-order valence-electron chi connectivity index (χ3n) is 5.79. The molecule has 188 valence electrons. The molecule has 5 rings (SSSR count). The number of nitriles is 1. The van der Waals surface area contributed by atoms with Gasteiger partial charge in [-0.05, 0) is 23.8 Å². The third kappa shape index (κ3) is 4.68. The van der Waals surface area contributed by atoms with Gasteiger partial charge in [0.05, 0.1) is 23.0 Å². The van der Waals surface area contributed by atoms with Crippen molar-refractivity contribution in [2.24, 2.45) is 0 Å². The average Bonchev–Trinajstić information content (AvgIpc) is 3.47. The second kappa shape index (κ2) is 10.1. The average molecular weight is 524 g/mol. The molecule has 1 aromatic carbocycles. The minimum absolute atomic E-state index is 0.173. The third-order valence-corrected chi connectivity index (χ3v) is 6.00. The van der Waals surface area contributed by atoms with E-state index >= 15 is 0 Å². The van der Waals surface area contributed by atoms with Gasteiger partial charge in [0.25, 0.3) is 5.91 Å². The van der Waals surface area contributed by atoms with E-state index in [4.69, 9.17) is 20.5 Å². The Kier molecular flexibility index (Phi) is 5.71. The van der Waals surface area contributed by atoms with Crippen molar-refractivity contribution >= 4 is 34.5 Å². The van der Waals surface area contributed by atoms with Crippen molar-refractivity contribution in [2.45, 2.75) is 31.1 Å². The van der Waals surface area contributed by atoms with Gasteiger partial charge in [-0.15, -0.1) is 0 Å². The summed E-state index contributed by atoms with van der Waals surface area (Å²) in [6.07, 6.45) is -2.10. The number of fused-ring (bicyclic) bond motifs is 1. The Bertz CT molecular complexity index is 1630. The van der Waals surface area contributed by atoms with Crippen LogP contribution in [0.25, 0.3) is 22.6 Å². The number of imidazole rings is 1. The maximum atomic E-state index is 12.4. The summed E-state index contributed by atoms with van der Waals surface area (Å²) >= 11 is 6.13. The van der Waals surface area contributed by atoms with Crippen LogP contribution in [-0.2, 0) is 16.1 Å². The molecule has 0 radical (unpaired) electrons. The van der Waals surface area contributed by atoms with Gasteiger partial charge in [-0.25, -0.2) is 15.0 Å². The molecule has 1 aliphatic rings. The second-order valence-electron chi connectivity index (χ2n) is 8.20. The van der Waals surface area contributed by atoms with Crippen molar-refractivity contribution in [1.82, 2.24) is 29.8 Å². The van der Waals surface area contributed by atoms with E-state index in [0.29, 0.717) is 22.0 Å². The molecule has 1 amide bonds. The first-order valence-electron chi connectivity index (χ1n) is 12.5. The number of aliphatic hydroxyl groups excluding tert-OH is 2. The number of aliphatic hydroxyl groups is 2. The molecule has 0 unspecified atom stereocenters. The van der Waals surface area contributed by atoms with Crippen molar-refractivity contribution in [1.29, 1.82) is 5.26 Å². The zero-order chi connectivity index (χ0) is 28.6. The van der Waals surface area contributed by atoms with Crippen LogP contribution >= 0.6 is 11.6 Å². The molecule has 37 heavy (non-hydrogen) atoms. The number of likely N-dealkylation sites (N-methyl/N-ethyl adjacent to an activating group) is 1. The van der Waals surface area contributed by atoms with Crippen LogP contribution in [-0.4, -0.2) is 65.9 Å². The molecule has 1 fully saturated rings. The molecule has 0 spiro atoms. The fraction of sp³-hybridized carbons (Fsp3) is 0.250. The molecular weight excluding hydrogens is 500 g/mol. The zero-order valence-electron chi connectivity index (χ0n) is 21.9. The standard InChI is InChI=1S/C24H21ClN8O4/c1-27-23(36)19-17(34)18(35)24(37-19)33-11-30-16-21(29-8-13-4-2-3-12(5-13)7-26)31-20(32-22(16)33)14-6-15(25)10-28-9-14/h2-6,9-11,17-19,24,34-35H,8H2,1H3,(H,27,36)(H,29,31,32)/t17-,18+,19-,24+/m0/s1/i1D3. The lowest BCUT2D eigenvalue weighted by atomic mass is 10.1.